The smallest absolute Gasteiger partial charge is 0.232 e. The van der Waals surface area contributed by atoms with E-state index in [-0.39, 0.29) is 40.6 Å². The third kappa shape index (κ3) is 3.44. The summed E-state index contributed by atoms with van der Waals surface area (Å²) in [6.07, 6.45) is 0.643. The zero-order valence-corrected chi connectivity index (χ0v) is 12.5. The highest BCUT2D eigenvalue weighted by atomic mass is 35.7. The van der Waals surface area contributed by atoms with E-state index in [2.05, 4.69) is 4.98 Å². The Balaban J connectivity index is 2.17. The second-order valence-corrected chi connectivity index (χ2v) is 8.24. The van der Waals surface area contributed by atoms with Crippen molar-refractivity contribution in [3.63, 3.8) is 0 Å². The summed E-state index contributed by atoms with van der Waals surface area (Å²) in [4.78, 5) is 28.0. The van der Waals surface area contributed by atoms with Gasteiger partial charge in [0.05, 0.1) is 5.75 Å². The van der Waals surface area contributed by atoms with Crippen LogP contribution < -0.4 is 4.90 Å². The van der Waals surface area contributed by atoms with Crippen molar-refractivity contribution in [1.82, 2.24) is 4.98 Å². The monoisotopic (exact) mass is 342 g/mol. The highest BCUT2D eigenvalue weighted by Gasteiger charge is 2.35. The summed E-state index contributed by atoms with van der Waals surface area (Å²) in [7, 11) is 1.52. The number of nitrogens with zero attached hydrogens (tertiary/aromatic N) is 2. The van der Waals surface area contributed by atoms with Gasteiger partial charge in [0, 0.05) is 29.6 Å². The molecule has 10 heteroatoms. The van der Waals surface area contributed by atoms with Crippen molar-refractivity contribution in [3.05, 3.63) is 10.0 Å². The molecule has 0 aromatic carbocycles. The first kappa shape index (κ1) is 14.7. The van der Waals surface area contributed by atoms with Gasteiger partial charge in [-0.2, -0.15) is 0 Å². The van der Waals surface area contributed by atoms with Crippen LogP contribution >= 0.6 is 33.6 Å². The van der Waals surface area contributed by atoms with E-state index in [4.69, 9.17) is 22.3 Å². The summed E-state index contributed by atoms with van der Waals surface area (Å²) in [5.41, 5.74) is 0. The van der Waals surface area contributed by atoms with E-state index < -0.39 is 9.05 Å². The van der Waals surface area contributed by atoms with Gasteiger partial charge < -0.3 is 0 Å². The summed E-state index contributed by atoms with van der Waals surface area (Å²) in [5.74, 6) is -0.901. The number of halogens is 2. The molecule has 1 aliphatic heterocycles. The predicted molar refractivity (Wildman–Crippen MR) is 72.6 cm³/mol. The lowest BCUT2D eigenvalue weighted by atomic mass is 10.1. The first-order valence-electron chi connectivity index (χ1n) is 5.14. The van der Waals surface area contributed by atoms with Crippen LogP contribution in [0.4, 0.5) is 5.13 Å². The third-order valence-electron chi connectivity index (χ3n) is 2.58. The Labute approximate surface area is 122 Å². The van der Waals surface area contributed by atoms with Gasteiger partial charge in [-0.25, -0.2) is 13.4 Å². The van der Waals surface area contributed by atoms with Gasteiger partial charge in [-0.15, -0.1) is 0 Å². The molecule has 1 fully saturated rings. The lowest BCUT2D eigenvalue weighted by molar-refractivity contribution is -0.117. The number of anilines is 1. The number of hydrogen-bond donors (Lipinski definition) is 0. The molecule has 1 saturated heterocycles. The van der Waals surface area contributed by atoms with Gasteiger partial charge in [0.1, 0.15) is 4.88 Å². The fourth-order valence-electron chi connectivity index (χ4n) is 1.85. The largest absolute Gasteiger partial charge is 0.297 e. The average Bonchev–Trinajstić information content (AvgIpc) is 2.79. The van der Waals surface area contributed by atoms with E-state index in [1.165, 1.54) is 4.90 Å². The molecule has 0 radical (unpaired) electrons. The predicted octanol–water partition coefficient (Wildman–Crippen LogP) is 1.53. The zero-order valence-electron chi connectivity index (χ0n) is 9.38. The molecular formula is C9H8Cl2N2O4S2. The molecule has 0 saturated carbocycles. The molecule has 0 bridgehead atoms. The minimum absolute atomic E-state index is 0.0382. The molecule has 1 aromatic rings. The van der Waals surface area contributed by atoms with Crippen molar-refractivity contribution in [1.29, 1.82) is 0 Å². The summed E-state index contributed by atoms with van der Waals surface area (Å²) in [6.45, 7) is 0.201. The van der Waals surface area contributed by atoms with E-state index in [1.807, 2.05) is 0 Å². The first-order valence-corrected chi connectivity index (χ1v) is 8.81. The summed E-state index contributed by atoms with van der Waals surface area (Å²) in [5, 5.41) is 0.336. The van der Waals surface area contributed by atoms with Crippen LogP contribution in [-0.4, -0.2) is 37.9 Å². The van der Waals surface area contributed by atoms with Crippen LogP contribution in [-0.2, 0) is 13.8 Å². The summed E-state index contributed by atoms with van der Waals surface area (Å²) in [6, 6.07) is 0. The SMILES string of the molecule is O=Cc1sc(N2CC(CS(=O)(=O)Cl)CC2=O)nc1Cl. The number of thiazole rings is 1. The lowest BCUT2D eigenvalue weighted by Gasteiger charge is -2.11. The number of amides is 1. The molecule has 0 spiro atoms. The molecule has 2 heterocycles. The van der Waals surface area contributed by atoms with Gasteiger partial charge in [0.25, 0.3) is 0 Å². The van der Waals surface area contributed by atoms with Crippen molar-refractivity contribution >= 4 is 60.0 Å². The van der Waals surface area contributed by atoms with E-state index in [0.29, 0.717) is 11.4 Å². The van der Waals surface area contributed by atoms with Gasteiger partial charge >= 0.3 is 0 Å². The number of aromatic nitrogens is 1. The van der Waals surface area contributed by atoms with E-state index in [0.717, 1.165) is 11.3 Å². The standard InChI is InChI=1S/C9H8Cl2N2O4S2/c10-8-6(3-14)18-9(12-8)13-2-5(1-7(13)15)4-19(11,16)17/h3,5H,1-2,4H2. The van der Waals surface area contributed by atoms with Gasteiger partial charge in [0.2, 0.25) is 15.0 Å². The van der Waals surface area contributed by atoms with Crippen LogP contribution in [0.25, 0.3) is 0 Å². The molecule has 104 valence electrons. The van der Waals surface area contributed by atoms with Crippen LogP contribution in [0.3, 0.4) is 0 Å². The van der Waals surface area contributed by atoms with Crippen LogP contribution in [0.15, 0.2) is 0 Å². The Bertz CT molecular complexity index is 628. The fraction of sp³-hybridized carbons (Fsp3) is 0.444. The number of hydrogen-bond acceptors (Lipinski definition) is 6. The van der Waals surface area contributed by atoms with Crippen LogP contribution in [0.5, 0.6) is 0 Å². The first-order chi connectivity index (χ1) is 8.80. The Morgan fingerprint density at radius 3 is 2.74 bits per heavy atom. The number of carbonyl (C=O) groups is 2. The maximum atomic E-state index is 11.8. The highest BCUT2D eigenvalue weighted by Crippen LogP contribution is 2.33. The second kappa shape index (κ2) is 5.35. The molecule has 1 atom stereocenters. The Kier molecular flexibility index (Phi) is 4.14. The highest BCUT2D eigenvalue weighted by molar-refractivity contribution is 8.13. The molecule has 1 unspecified atom stereocenters. The van der Waals surface area contributed by atoms with Gasteiger partial charge in [0.15, 0.2) is 16.6 Å². The van der Waals surface area contributed by atoms with Crippen LogP contribution in [0, 0.1) is 5.92 Å². The fourth-order valence-corrected chi connectivity index (χ4v) is 4.26. The Morgan fingerprint density at radius 1 is 1.53 bits per heavy atom. The minimum atomic E-state index is -3.65. The van der Waals surface area contributed by atoms with Crippen molar-refractivity contribution < 1.29 is 18.0 Å². The number of rotatable bonds is 4. The summed E-state index contributed by atoms with van der Waals surface area (Å²) >= 11 is 6.72. The van der Waals surface area contributed by atoms with Gasteiger partial charge in [-0.05, 0) is 0 Å². The van der Waals surface area contributed by atoms with Crippen LogP contribution in [0.2, 0.25) is 5.15 Å². The molecule has 19 heavy (non-hydrogen) atoms. The van der Waals surface area contributed by atoms with Crippen molar-refractivity contribution in [3.8, 4) is 0 Å². The Hall–Kier alpha value is -0.700. The zero-order chi connectivity index (χ0) is 14.2. The van der Waals surface area contributed by atoms with Crippen LogP contribution in [0.1, 0.15) is 16.1 Å². The quantitative estimate of drug-likeness (QED) is 0.611. The van der Waals surface area contributed by atoms with E-state index in [9.17, 15) is 18.0 Å². The average molecular weight is 343 g/mol. The second-order valence-electron chi connectivity index (χ2n) is 4.05. The minimum Gasteiger partial charge on any atom is -0.297 e. The van der Waals surface area contributed by atoms with Crippen molar-refractivity contribution in [2.45, 2.75) is 6.42 Å². The summed E-state index contributed by atoms with van der Waals surface area (Å²) < 4.78 is 22.0. The maximum absolute atomic E-state index is 11.8. The molecule has 1 aromatic heterocycles. The molecular weight excluding hydrogens is 335 g/mol. The maximum Gasteiger partial charge on any atom is 0.232 e. The number of aldehydes is 1. The third-order valence-corrected chi connectivity index (χ3v) is 5.23. The molecule has 0 aliphatic carbocycles. The number of carbonyl (C=O) groups excluding carboxylic acids is 2. The van der Waals surface area contributed by atoms with Crippen molar-refractivity contribution in [2.75, 3.05) is 17.2 Å². The van der Waals surface area contributed by atoms with Crippen molar-refractivity contribution in [2.24, 2.45) is 5.92 Å². The van der Waals surface area contributed by atoms with E-state index >= 15 is 0 Å². The van der Waals surface area contributed by atoms with Gasteiger partial charge in [-0.1, -0.05) is 22.9 Å². The Morgan fingerprint density at radius 2 is 2.21 bits per heavy atom. The molecule has 2 rings (SSSR count). The molecule has 1 aliphatic rings. The topological polar surface area (TPSA) is 84.4 Å². The molecule has 0 N–H and O–H groups in total. The molecule has 1 amide bonds. The lowest BCUT2D eigenvalue weighted by Crippen LogP contribution is -2.25. The normalized spacial score (nSPS) is 20.0. The van der Waals surface area contributed by atoms with Gasteiger partial charge in [-0.3, -0.25) is 14.5 Å². The van der Waals surface area contributed by atoms with E-state index in [1.54, 1.807) is 0 Å². The molecule has 6 nitrogen and oxygen atoms in total.